The van der Waals surface area contributed by atoms with Gasteiger partial charge in [-0.3, -0.25) is 4.68 Å². The average molecular weight is 183 g/mol. The van der Waals surface area contributed by atoms with Gasteiger partial charge in [0.05, 0.1) is 5.69 Å². The van der Waals surface area contributed by atoms with Crippen LogP contribution in [-0.4, -0.2) is 27.4 Å². The third kappa shape index (κ3) is 2.29. The van der Waals surface area contributed by atoms with Crippen LogP contribution in [0.4, 0.5) is 0 Å². The second kappa shape index (κ2) is 4.04. The number of hydrogen-bond donors (Lipinski definition) is 2. The molecule has 0 saturated heterocycles. The largest absolute Gasteiger partial charge is 0.476 e. The highest BCUT2D eigenvalue weighted by atomic mass is 16.4. The molecule has 0 aromatic carbocycles. The van der Waals surface area contributed by atoms with E-state index in [0.29, 0.717) is 6.54 Å². The van der Waals surface area contributed by atoms with Crippen LogP contribution in [-0.2, 0) is 13.6 Å². The molecule has 1 heterocycles. The van der Waals surface area contributed by atoms with Crippen molar-refractivity contribution in [3.05, 3.63) is 17.5 Å². The summed E-state index contributed by atoms with van der Waals surface area (Å²) in [6, 6.07) is 1.57. The molecule has 0 amide bonds. The number of nitrogens with one attached hydrogen (secondary N) is 1. The van der Waals surface area contributed by atoms with Crippen molar-refractivity contribution in [1.29, 1.82) is 0 Å². The zero-order valence-electron chi connectivity index (χ0n) is 7.74. The van der Waals surface area contributed by atoms with Gasteiger partial charge in [0.15, 0.2) is 5.69 Å². The van der Waals surface area contributed by atoms with E-state index in [-0.39, 0.29) is 5.69 Å². The van der Waals surface area contributed by atoms with Crippen LogP contribution in [0.3, 0.4) is 0 Å². The molecule has 0 aliphatic rings. The smallest absolute Gasteiger partial charge is 0.356 e. The van der Waals surface area contributed by atoms with Crippen LogP contribution in [0.2, 0.25) is 0 Å². The van der Waals surface area contributed by atoms with Gasteiger partial charge in [0, 0.05) is 13.6 Å². The third-order valence-corrected chi connectivity index (χ3v) is 1.75. The van der Waals surface area contributed by atoms with Gasteiger partial charge < -0.3 is 10.4 Å². The van der Waals surface area contributed by atoms with Crippen LogP contribution < -0.4 is 5.32 Å². The lowest BCUT2D eigenvalue weighted by molar-refractivity contribution is 0.0689. The Morgan fingerprint density at radius 2 is 2.46 bits per heavy atom. The van der Waals surface area contributed by atoms with Gasteiger partial charge >= 0.3 is 5.97 Å². The van der Waals surface area contributed by atoms with E-state index in [0.717, 1.165) is 12.2 Å². The number of aryl methyl sites for hydroxylation is 1. The summed E-state index contributed by atoms with van der Waals surface area (Å²) in [5.74, 6) is -0.988. The molecule has 0 radical (unpaired) electrons. The third-order valence-electron chi connectivity index (χ3n) is 1.75. The second-order valence-electron chi connectivity index (χ2n) is 2.73. The number of carboxylic acids is 1. The Balaban J connectivity index is 2.77. The molecule has 13 heavy (non-hydrogen) atoms. The summed E-state index contributed by atoms with van der Waals surface area (Å²) in [6.45, 7) is 3.50. The van der Waals surface area contributed by atoms with Gasteiger partial charge in [-0.15, -0.1) is 0 Å². The van der Waals surface area contributed by atoms with Crippen molar-refractivity contribution in [3.63, 3.8) is 0 Å². The van der Waals surface area contributed by atoms with Gasteiger partial charge in [0.1, 0.15) is 0 Å². The van der Waals surface area contributed by atoms with Gasteiger partial charge in [-0.25, -0.2) is 4.79 Å². The van der Waals surface area contributed by atoms with E-state index in [9.17, 15) is 4.79 Å². The summed E-state index contributed by atoms with van der Waals surface area (Å²) in [7, 11) is 1.74. The van der Waals surface area contributed by atoms with E-state index in [1.54, 1.807) is 17.8 Å². The zero-order chi connectivity index (χ0) is 9.84. The number of carbonyl (C=O) groups is 1. The van der Waals surface area contributed by atoms with Crippen molar-refractivity contribution in [2.75, 3.05) is 6.54 Å². The predicted octanol–water partition coefficient (Wildman–Crippen LogP) is 0.228. The lowest BCUT2D eigenvalue weighted by atomic mass is 10.3. The highest BCUT2D eigenvalue weighted by molar-refractivity contribution is 5.85. The second-order valence-corrected chi connectivity index (χ2v) is 2.73. The Morgan fingerprint density at radius 3 is 2.92 bits per heavy atom. The van der Waals surface area contributed by atoms with Crippen LogP contribution in [0.5, 0.6) is 0 Å². The molecule has 0 atom stereocenters. The molecule has 5 heteroatoms. The van der Waals surface area contributed by atoms with Crippen molar-refractivity contribution >= 4 is 5.97 Å². The first-order valence-corrected chi connectivity index (χ1v) is 4.12. The lowest BCUT2D eigenvalue weighted by Gasteiger charge is -2.00. The van der Waals surface area contributed by atoms with Crippen molar-refractivity contribution < 1.29 is 9.90 Å². The van der Waals surface area contributed by atoms with E-state index in [1.807, 2.05) is 6.92 Å². The number of nitrogens with zero attached hydrogens (tertiary/aromatic N) is 2. The number of carboxylic acid groups (broad SMARTS) is 1. The number of rotatable bonds is 4. The van der Waals surface area contributed by atoms with Crippen molar-refractivity contribution in [1.82, 2.24) is 15.1 Å². The Hall–Kier alpha value is -1.36. The van der Waals surface area contributed by atoms with Crippen LogP contribution in [0.15, 0.2) is 6.07 Å². The summed E-state index contributed by atoms with van der Waals surface area (Å²) in [5.41, 5.74) is 0.967. The SMILES string of the molecule is CCNCc1cc(C(=O)O)nn1C. The Bertz CT molecular complexity index is 306. The van der Waals surface area contributed by atoms with Crippen LogP contribution in [0.25, 0.3) is 0 Å². The molecule has 0 saturated carbocycles. The van der Waals surface area contributed by atoms with E-state index < -0.39 is 5.97 Å². The molecule has 1 rings (SSSR count). The fourth-order valence-corrected chi connectivity index (χ4v) is 1.03. The standard InChI is InChI=1S/C8H13N3O2/c1-3-9-5-6-4-7(8(12)13)10-11(6)2/h4,9H,3,5H2,1-2H3,(H,12,13). The Labute approximate surface area is 76.4 Å². The normalized spacial score (nSPS) is 10.3. The summed E-state index contributed by atoms with van der Waals surface area (Å²) in [6.07, 6.45) is 0. The lowest BCUT2D eigenvalue weighted by Crippen LogP contribution is -2.14. The minimum absolute atomic E-state index is 0.0930. The molecule has 1 aromatic heterocycles. The highest BCUT2D eigenvalue weighted by Gasteiger charge is 2.09. The maximum Gasteiger partial charge on any atom is 0.356 e. The molecule has 0 unspecified atom stereocenters. The van der Waals surface area contributed by atoms with E-state index >= 15 is 0 Å². The minimum atomic E-state index is -0.988. The first-order valence-electron chi connectivity index (χ1n) is 4.12. The molecule has 5 nitrogen and oxygen atoms in total. The molecule has 1 aromatic rings. The van der Waals surface area contributed by atoms with Crippen molar-refractivity contribution in [2.24, 2.45) is 7.05 Å². The summed E-state index contributed by atoms with van der Waals surface area (Å²) < 4.78 is 1.58. The van der Waals surface area contributed by atoms with Crippen LogP contribution in [0, 0.1) is 0 Å². The van der Waals surface area contributed by atoms with Crippen LogP contribution in [0.1, 0.15) is 23.1 Å². The molecule has 0 spiro atoms. The number of hydrogen-bond acceptors (Lipinski definition) is 3. The number of aromatic nitrogens is 2. The maximum atomic E-state index is 10.5. The van der Waals surface area contributed by atoms with Gasteiger partial charge in [-0.2, -0.15) is 5.10 Å². The zero-order valence-corrected chi connectivity index (χ0v) is 7.74. The first kappa shape index (κ1) is 9.73. The Kier molecular flexibility index (Phi) is 3.02. The van der Waals surface area contributed by atoms with E-state index in [2.05, 4.69) is 10.4 Å². The fraction of sp³-hybridized carbons (Fsp3) is 0.500. The molecular weight excluding hydrogens is 170 g/mol. The topological polar surface area (TPSA) is 67.2 Å². The van der Waals surface area contributed by atoms with Gasteiger partial charge in [-0.05, 0) is 12.6 Å². The molecular formula is C8H13N3O2. The van der Waals surface area contributed by atoms with Gasteiger partial charge in [-0.1, -0.05) is 6.92 Å². The molecule has 0 aliphatic heterocycles. The maximum absolute atomic E-state index is 10.5. The molecule has 0 aliphatic carbocycles. The summed E-state index contributed by atoms with van der Waals surface area (Å²) in [4.78, 5) is 10.5. The minimum Gasteiger partial charge on any atom is -0.476 e. The van der Waals surface area contributed by atoms with Crippen LogP contribution >= 0.6 is 0 Å². The molecule has 72 valence electrons. The van der Waals surface area contributed by atoms with Crippen molar-refractivity contribution in [2.45, 2.75) is 13.5 Å². The van der Waals surface area contributed by atoms with Crippen molar-refractivity contribution in [3.8, 4) is 0 Å². The molecule has 2 N–H and O–H groups in total. The van der Waals surface area contributed by atoms with Gasteiger partial charge in [0.2, 0.25) is 0 Å². The Morgan fingerprint density at radius 1 is 1.77 bits per heavy atom. The molecule has 0 fully saturated rings. The highest BCUT2D eigenvalue weighted by Crippen LogP contribution is 2.02. The summed E-state index contributed by atoms with van der Waals surface area (Å²) in [5, 5.41) is 15.6. The number of aromatic carboxylic acids is 1. The van der Waals surface area contributed by atoms with E-state index in [4.69, 9.17) is 5.11 Å². The molecule has 0 bridgehead atoms. The quantitative estimate of drug-likeness (QED) is 0.701. The van der Waals surface area contributed by atoms with E-state index in [1.165, 1.54) is 0 Å². The first-order chi connectivity index (χ1) is 6.15. The fourth-order valence-electron chi connectivity index (χ4n) is 1.03. The predicted molar refractivity (Wildman–Crippen MR) is 47.5 cm³/mol. The average Bonchev–Trinajstić information content (AvgIpc) is 2.44. The summed E-state index contributed by atoms with van der Waals surface area (Å²) >= 11 is 0. The van der Waals surface area contributed by atoms with Gasteiger partial charge in [0.25, 0.3) is 0 Å². The monoisotopic (exact) mass is 183 g/mol.